The first-order chi connectivity index (χ1) is 9.66. The quantitative estimate of drug-likeness (QED) is 0.850. The third-order valence-corrected chi connectivity index (χ3v) is 4.96. The Morgan fingerprint density at radius 1 is 1.20 bits per heavy atom. The van der Waals surface area contributed by atoms with Crippen LogP contribution in [0.2, 0.25) is 0 Å². The Labute approximate surface area is 120 Å². The van der Waals surface area contributed by atoms with Gasteiger partial charge in [-0.1, -0.05) is 18.9 Å². The molecule has 1 N–H and O–H groups in total. The lowest BCUT2D eigenvalue weighted by atomic mass is 9.78. The molecule has 0 bridgehead atoms. The SMILES string of the molecule is Cc1ccc(C(=O)N2CCC[C@H]3CCCC[C@H]32)cc1O. The van der Waals surface area contributed by atoms with E-state index >= 15 is 0 Å². The molecule has 3 heteroatoms. The summed E-state index contributed by atoms with van der Waals surface area (Å²) >= 11 is 0. The zero-order valence-electron chi connectivity index (χ0n) is 12.1. The lowest BCUT2D eigenvalue weighted by Crippen LogP contribution is -2.49. The van der Waals surface area contributed by atoms with Gasteiger partial charge in [0.05, 0.1) is 0 Å². The molecule has 108 valence electrons. The summed E-state index contributed by atoms with van der Waals surface area (Å²) in [5.41, 5.74) is 1.44. The third-order valence-electron chi connectivity index (χ3n) is 4.96. The molecule has 1 aromatic carbocycles. The van der Waals surface area contributed by atoms with E-state index in [2.05, 4.69) is 4.90 Å². The topological polar surface area (TPSA) is 40.5 Å². The van der Waals surface area contributed by atoms with Crippen LogP contribution in [-0.2, 0) is 0 Å². The van der Waals surface area contributed by atoms with E-state index in [9.17, 15) is 9.90 Å². The van der Waals surface area contributed by atoms with E-state index in [0.717, 1.165) is 24.9 Å². The highest BCUT2D eigenvalue weighted by Gasteiger charge is 2.35. The van der Waals surface area contributed by atoms with Crippen molar-refractivity contribution in [3.8, 4) is 5.75 Å². The number of carbonyl (C=O) groups is 1. The van der Waals surface area contributed by atoms with Crippen molar-refractivity contribution in [2.75, 3.05) is 6.54 Å². The molecule has 1 heterocycles. The van der Waals surface area contributed by atoms with E-state index in [0.29, 0.717) is 17.5 Å². The van der Waals surface area contributed by atoms with Crippen LogP contribution < -0.4 is 0 Å². The fourth-order valence-electron chi connectivity index (χ4n) is 3.79. The number of hydrogen-bond acceptors (Lipinski definition) is 2. The number of aromatic hydroxyl groups is 1. The van der Waals surface area contributed by atoms with E-state index in [-0.39, 0.29) is 11.7 Å². The summed E-state index contributed by atoms with van der Waals surface area (Å²) < 4.78 is 0. The van der Waals surface area contributed by atoms with Gasteiger partial charge >= 0.3 is 0 Å². The van der Waals surface area contributed by atoms with Crippen LogP contribution >= 0.6 is 0 Å². The van der Waals surface area contributed by atoms with E-state index in [1.165, 1.54) is 25.7 Å². The van der Waals surface area contributed by atoms with Gasteiger partial charge in [-0.2, -0.15) is 0 Å². The molecule has 0 aromatic heterocycles. The Morgan fingerprint density at radius 2 is 1.95 bits per heavy atom. The Bertz CT molecular complexity index is 510. The van der Waals surface area contributed by atoms with Crippen LogP contribution in [0.3, 0.4) is 0 Å². The van der Waals surface area contributed by atoms with Crippen LogP contribution in [0.1, 0.15) is 54.4 Å². The molecule has 3 nitrogen and oxygen atoms in total. The zero-order chi connectivity index (χ0) is 14.1. The predicted octanol–water partition coefficient (Wildman–Crippen LogP) is 3.50. The van der Waals surface area contributed by atoms with Gasteiger partial charge in [0.15, 0.2) is 0 Å². The fourth-order valence-corrected chi connectivity index (χ4v) is 3.79. The third kappa shape index (κ3) is 2.41. The van der Waals surface area contributed by atoms with Gasteiger partial charge in [-0.3, -0.25) is 4.79 Å². The van der Waals surface area contributed by atoms with Crippen molar-refractivity contribution in [2.45, 2.75) is 51.5 Å². The summed E-state index contributed by atoms with van der Waals surface area (Å²) in [5.74, 6) is 1.01. The first-order valence-corrected chi connectivity index (χ1v) is 7.77. The maximum absolute atomic E-state index is 12.7. The number of piperidine rings is 1. The predicted molar refractivity (Wildman–Crippen MR) is 78.9 cm³/mol. The van der Waals surface area contributed by atoms with Gasteiger partial charge in [-0.25, -0.2) is 0 Å². The average Bonchev–Trinajstić information content (AvgIpc) is 2.49. The second kappa shape index (κ2) is 5.47. The maximum Gasteiger partial charge on any atom is 0.254 e. The van der Waals surface area contributed by atoms with Gasteiger partial charge < -0.3 is 10.0 Å². The number of benzene rings is 1. The molecule has 3 rings (SSSR count). The minimum absolute atomic E-state index is 0.0944. The van der Waals surface area contributed by atoms with Gasteiger partial charge in [-0.15, -0.1) is 0 Å². The van der Waals surface area contributed by atoms with Gasteiger partial charge in [-0.05, 0) is 56.2 Å². The molecule has 2 aliphatic rings. The minimum atomic E-state index is 0.0944. The highest BCUT2D eigenvalue weighted by molar-refractivity contribution is 5.95. The van der Waals surface area contributed by atoms with Crippen molar-refractivity contribution in [3.63, 3.8) is 0 Å². The number of aryl methyl sites for hydroxylation is 1. The van der Waals surface area contributed by atoms with E-state index < -0.39 is 0 Å². The van der Waals surface area contributed by atoms with Gasteiger partial charge in [0, 0.05) is 18.2 Å². The minimum Gasteiger partial charge on any atom is -0.508 e. The molecule has 1 aliphatic heterocycles. The summed E-state index contributed by atoms with van der Waals surface area (Å²) in [4.78, 5) is 14.8. The lowest BCUT2D eigenvalue weighted by Gasteiger charge is -2.44. The van der Waals surface area contributed by atoms with Crippen molar-refractivity contribution in [2.24, 2.45) is 5.92 Å². The number of nitrogens with zero attached hydrogens (tertiary/aromatic N) is 1. The van der Waals surface area contributed by atoms with Crippen LogP contribution in [0.25, 0.3) is 0 Å². The van der Waals surface area contributed by atoms with Crippen LogP contribution in [0, 0.1) is 12.8 Å². The molecule has 1 saturated carbocycles. The summed E-state index contributed by atoms with van der Waals surface area (Å²) in [6.45, 7) is 2.72. The van der Waals surface area contributed by atoms with Crippen molar-refractivity contribution in [1.82, 2.24) is 4.90 Å². The Kier molecular flexibility index (Phi) is 3.68. The molecule has 0 radical (unpaired) electrons. The Hall–Kier alpha value is -1.51. The summed E-state index contributed by atoms with van der Waals surface area (Å²) in [6.07, 6.45) is 7.36. The molecule has 20 heavy (non-hydrogen) atoms. The first kappa shape index (κ1) is 13.5. The number of likely N-dealkylation sites (tertiary alicyclic amines) is 1. The highest BCUT2D eigenvalue weighted by Crippen LogP contribution is 2.36. The second-order valence-corrected chi connectivity index (χ2v) is 6.25. The van der Waals surface area contributed by atoms with Gasteiger partial charge in [0.2, 0.25) is 0 Å². The molecular formula is C17H23NO2. The molecule has 2 fully saturated rings. The Balaban J connectivity index is 1.83. The largest absolute Gasteiger partial charge is 0.508 e. The summed E-state index contributed by atoms with van der Waals surface area (Å²) in [7, 11) is 0. The van der Waals surface area contributed by atoms with Crippen molar-refractivity contribution >= 4 is 5.91 Å². The summed E-state index contributed by atoms with van der Waals surface area (Å²) in [5, 5.41) is 9.81. The lowest BCUT2D eigenvalue weighted by molar-refractivity contribution is 0.0390. The summed E-state index contributed by atoms with van der Waals surface area (Å²) in [6, 6.07) is 5.70. The molecule has 0 spiro atoms. The van der Waals surface area contributed by atoms with Crippen molar-refractivity contribution < 1.29 is 9.90 Å². The number of rotatable bonds is 1. The van der Waals surface area contributed by atoms with Crippen LogP contribution in [0.5, 0.6) is 5.75 Å². The number of fused-ring (bicyclic) bond motifs is 1. The average molecular weight is 273 g/mol. The first-order valence-electron chi connectivity index (χ1n) is 7.77. The van der Waals surface area contributed by atoms with E-state index in [4.69, 9.17) is 0 Å². The number of carbonyl (C=O) groups excluding carboxylic acids is 1. The van der Waals surface area contributed by atoms with Crippen molar-refractivity contribution in [3.05, 3.63) is 29.3 Å². The molecule has 2 atom stereocenters. The van der Waals surface area contributed by atoms with E-state index in [1.807, 2.05) is 19.1 Å². The molecule has 0 unspecified atom stereocenters. The van der Waals surface area contributed by atoms with Crippen LogP contribution in [0.15, 0.2) is 18.2 Å². The smallest absolute Gasteiger partial charge is 0.254 e. The molecule has 1 saturated heterocycles. The fraction of sp³-hybridized carbons (Fsp3) is 0.588. The normalized spacial score (nSPS) is 26.1. The standard InChI is InChI=1S/C17H23NO2/c1-12-8-9-14(11-16(12)19)17(20)18-10-4-6-13-5-2-3-7-15(13)18/h8-9,11,13,15,19H,2-7,10H2,1H3/t13-,15-/m1/s1. The maximum atomic E-state index is 12.7. The zero-order valence-corrected chi connectivity index (χ0v) is 12.1. The van der Waals surface area contributed by atoms with Gasteiger partial charge in [0.25, 0.3) is 5.91 Å². The molecule has 1 aromatic rings. The number of hydrogen-bond donors (Lipinski definition) is 1. The number of amides is 1. The second-order valence-electron chi connectivity index (χ2n) is 6.25. The van der Waals surface area contributed by atoms with Crippen LogP contribution in [-0.4, -0.2) is 28.5 Å². The number of phenols is 1. The monoisotopic (exact) mass is 273 g/mol. The molecular weight excluding hydrogens is 250 g/mol. The van der Waals surface area contributed by atoms with E-state index in [1.54, 1.807) is 6.07 Å². The Morgan fingerprint density at radius 3 is 2.75 bits per heavy atom. The number of phenolic OH excluding ortho intramolecular Hbond substituents is 1. The highest BCUT2D eigenvalue weighted by atomic mass is 16.3. The van der Waals surface area contributed by atoms with Gasteiger partial charge in [0.1, 0.15) is 5.75 Å². The molecule has 1 amide bonds. The van der Waals surface area contributed by atoms with Crippen molar-refractivity contribution in [1.29, 1.82) is 0 Å². The molecule has 1 aliphatic carbocycles. The van der Waals surface area contributed by atoms with Crippen LogP contribution in [0.4, 0.5) is 0 Å².